The van der Waals surface area contributed by atoms with E-state index in [-0.39, 0.29) is 12.5 Å². The first-order valence-electron chi connectivity index (χ1n) is 9.72. The van der Waals surface area contributed by atoms with E-state index in [0.717, 1.165) is 44.0 Å². The Hall–Kier alpha value is -2.53. The van der Waals surface area contributed by atoms with Crippen molar-refractivity contribution in [3.8, 4) is 0 Å². The minimum absolute atomic E-state index is 0.0346. The maximum Gasteiger partial charge on any atom is 0.243 e. The number of piperazine rings is 1. The normalized spacial score (nSPS) is 14.9. The fourth-order valence-electron chi connectivity index (χ4n) is 3.47. The summed E-state index contributed by atoms with van der Waals surface area (Å²) in [5, 5.41) is 6.27. The zero-order valence-electron chi connectivity index (χ0n) is 16.6. The lowest BCUT2D eigenvalue weighted by molar-refractivity contribution is -0.114. The van der Waals surface area contributed by atoms with Crippen molar-refractivity contribution in [3.05, 3.63) is 53.6 Å². The monoisotopic (exact) mass is 366 g/mol. The van der Waals surface area contributed by atoms with Crippen LogP contribution < -0.4 is 15.5 Å². The van der Waals surface area contributed by atoms with E-state index in [2.05, 4.69) is 71.7 Å². The maximum atomic E-state index is 12.3. The van der Waals surface area contributed by atoms with Gasteiger partial charge in [0.25, 0.3) is 0 Å². The molecule has 0 atom stereocenters. The number of aryl methyl sites for hydroxylation is 2. The Bertz CT molecular complexity index is 764. The first-order chi connectivity index (χ1) is 13.1. The highest BCUT2D eigenvalue weighted by molar-refractivity contribution is 5.94. The third-order valence-electron chi connectivity index (χ3n) is 5.19. The van der Waals surface area contributed by atoms with E-state index in [1.54, 1.807) is 0 Å². The highest BCUT2D eigenvalue weighted by Crippen LogP contribution is 2.21. The highest BCUT2D eigenvalue weighted by Gasteiger charge is 2.14. The Balaban J connectivity index is 1.54. The van der Waals surface area contributed by atoms with Crippen molar-refractivity contribution in [1.82, 2.24) is 4.90 Å². The summed E-state index contributed by atoms with van der Waals surface area (Å²) in [6, 6.07) is 14.4. The molecule has 5 nitrogen and oxygen atoms in total. The quantitative estimate of drug-likeness (QED) is 0.823. The molecule has 1 saturated heterocycles. The Kier molecular flexibility index (Phi) is 6.35. The van der Waals surface area contributed by atoms with Gasteiger partial charge in [-0.05, 0) is 55.8 Å². The summed E-state index contributed by atoms with van der Waals surface area (Å²) < 4.78 is 0. The zero-order valence-corrected chi connectivity index (χ0v) is 16.6. The van der Waals surface area contributed by atoms with Crippen LogP contribution in [0.5, 0.6) is 0 Å². The molecular formula is C22H30N4O. The number of hydrogen-bond donors (Lipinski definition) is 2. The topological polar surface area (TPSA) is 47.6 Å². The predicted octanol–water partition coefficient (Wildman–Crippen LogP) is 3.36. The van der Waals surface area contributed by atoms with Crippen LogP contribution in [0.15, 0.2) is 42.5 Å². The smallest absolute Gasteiger partial charge is 0.243 e. The maximum absolute atomic E-state index is 12.3. The van der Waals surface area contributed by atoms with Gasteiger partial charge in [-0.15, -0.1) is 0 Å². The fraction of sp³-hybridized carbons (Fsp3) is 0.409. The van der Waals surface area contributed by atoms with Crippen molar-refractivity contribution in [2.24, 2.45) is 0 Å². The van der Waals surface area contributed by atoms with E-state index in [0.29, 0.717) is 0 Å². The predicted molar refractivity (Wildman–Crippen MR) is 114 cm³/mol. The van der Waals surface area contributed by atoms with E-state index in [9.17, 15) is 4.79 Å². The second-order valence-electron chi connectivity index (χ2n) is 7.20. The molecule has 0 aromatic heterocycles. The van der Waals surface area contributed by atoms with Gasteiger partial charge in [-0.2, -0.15) is 0 Å². The van der Waals surface area contributed by atoms with Crippen molar-refractivity contribution >= 4 is 23.0 Å². The Morgan fingerprint density at radius 3 is 2.41 bits per heavy atom. The summed E-state index contributed by atoms with van der Waals surface area (Å²) in [5.74, 6) is -0.0346. The number of anilines is 3. The van der Waals surface area contributed by atoms with Crippen LogP contribution in [0, 0.1) is 6.92 Å². The van der Waals surface area contributed by atoms with Crippen molar-refractivity contribution < 1.29 is 4.79 Å². The third kappa shape index (κ3) is 5.01. The van der Waals surface area contributed by atoms with Gasteiger partial charge in [0.05, 0.1) is 6.54 Å². The zero-order chi connectivity index (χ0) is 19.2. The number of carbonyl (C=O) groups excluding carboxylic acids is 1. The largest absolute Gasteiger partial charge is 0.376 e. The first kappa shape index (κ1) is 19.2. The number of rotatable bonds is 6. The molecule has 0 spiro atoms. The first-order valence-corrected chi connectivity index (χ1v) is 9.72. The van der Waals surface area contributed by atoms with Gasteiger partial charge in [-0.1, -0.05) is 25.1 Å². The molecule has 0 unspecified atom stereocenters. The summed E-state index contributed by atoms with van der Waals surface area (Å²) in [7, 11) is 2.16. The summed E-state index contributed by atoms with van der Waals surface area (Å²) in [5.41, 5.74) is 5.52. The van der Waals surface area contributed by atoms with E-state index in [4.69, 9.17) is 0 Å². The number of nitrogens with zero attached hydrogens (tertiary/aromatic N) is 2. The van der Waals surface area contributed by atoms with E-state index < -0.39 is 0 Å². The van der Waals surface area contributed by atoms with Crippen LogP contribution >= 0.6 is 0 Å². The highest BCUT2D eigenvalue weighted by atomic mass is 16.1. The SMILES string of the molecule is CCc1cccc(C)c1NCC(=O)Nc1ccc(N2CCN(C)CC2)cc1. The number of hydrogen-bond acceptors (Lipinski definition) is 4. The number of para-hydroxylation sites is 1. The third-order valence-corrected chi connectivity index (χ3v) is 5.19. The molecule has 3 rings (SSSR count). The standard InChI is InChI=1S/C22H30N4O/c1-4-18-7-5-6-17(2)22(18)23-16-21(27)24-19-8-10-20(11-9-19)26-14-12-25(3)13-15-26/h5-11,23H,4,12-16H2,1-3H3,(H,24,27). The van der Waals surface area contributed by atoms with Crippen LogP contribution in [0.4, 0.5) is 17.1 Å². The van der Waals surface area contributed by atoms with E-state index in [1.807, 2.05) is 12.1 Å². The van der Waals surface area contributed by atoms with Crippen molar-refractivity contribution in [3.63, 3.8) is 0 Å². The molecule has 1 aliphatic heterocycles. The molecule has 2 N–H and O–H groups in total. The van der Waals surface area contributed by atoms with Crippen LogP contribution in [0.3, 0.4) is 0 Å². The second-order valence-corrected chi connectivity index (χ2v) is 7.20. The summed E-state index contributed by atoms with van der Waals surface area (Å²) in [6.45, 7) is 8.72. The molecule has 1 heterocycles. The molecule has 0 bridgehead atoms. The number of likely N-dealkylation sites (N-methyl/N-ethyl adjacent to an activating group) is 1. The molecule has 1 fully saturated rings. The number of benzene rings is 2. The summed E-state index contributed by atoms with van der Waals surface area (Å²) in [4.78, 5) is 17.1. The van der Waals surface area contributed by atoms with Crippen molar-refractivity contribution in [2.45, 2.75) is 20.3 Å². The molecule has 1 aliphatic rings. The summed E-state index contributed by atoms with van der Waals surface area (Å²) in [6.07, 6.45) is 0.944. The van der Waals surface area contributed by atoms with Gasteiger partial charge in [-0.3, -0.25) is 4.79 Å². The molecule has 1 amide bonds. The summed E-state index contributed by atoms with van der Waals surface area (Å²) >= 11 is 0. The van der Waals surface area contributed by atoms with E-state index >= 15 is 0 Å². The van der Waals surface area contributed by atoms with Crippen LogP contribution in [0.25, 0.3) is 0 Å². The molecule has 2 aromatic carbocycles. The van der Waals surface area contributed by atoms with Crippen molar-refractivity contribution in [1.29, 1.82) is 0 Å². The minimum Gasteiger partial charge on any atom is -0.376 e. The van der Waals surface area contributed by atoms with Crippen LogP contribution in [-0.2, 0) is 11.2 Å². The molecule has 144 valence electrons. The average molecular weight is 367 g/mol. The Morgan fingerprint density at radius 2 is 1.74 bits per heavy atom. The number of amides is 1. The Labute approximate surface area is 162 Å². The molecule has 5 heteroatoms. The Morgan fingerprint density at radius 1 is 1.04 bits per heavy atom. The molecular weight excluding hydrogens is 336 g/mol. The van der Waals surface area contributed by atoms with Crippen LogP contribution in [0.1, 0.15) is 18.1 Å². The lowest BCUT2D eigenvalue weighted by atomic mass is 10.1. The lowest BCUT2D eigenvalue weighted by Gasteiger charge is -2.34. The van der Waals surface area contributed by atoms with Crippen LogP contribution in [-0.4, -0.2) is 50.6 Å². The molecule has 0 aliphatic carbocycles. The molecule has 0 radical (unpaired) electrons. The second kappa shape index (κ2) is 8.91. The molecule has 0 saturated carbocycles. The molecule has 27 heavy (non-hydrogen) atoms. The van der Waals surface area contributed by atoms with Gasteiger partial charge >= 0.3 is 0 Å². The number of carbonyl (C=O) groups is 1. The molecule has 2 aromatic rings. The van der Waals surface area contributed by atoms with E-state index in [1.165, 1.54) is 16.8 Å². The average Bonchev–Trinajstić information content (AvgIpc) is 2.68. The number of nitrogens with one attached hydrogen (secondary N) is 2. The van der Waals surface area contributed by atoms with Gasteiger partial charge in [-0.25, -0.2) is 0 Å². The van der Waals surface area contributed by atoms with Crippen LogP contribution in [0.2, 0.25) is 0 Å². The van der Waals surface area contributed by atoms with Gasteiger partial charge in [0.2, 0.25) is 5.91 Å². The van der Waals surface area contributed by atoms with Gasteiger partial charge < -0.3 is 20.4 Å². The van der Waals surface area contributed by atoms with Gasteiger partial charge in [0, 0.05) is 43.2 Å². The van der Waals surface area contributed by atoms with Gasteiger partial charge in [0.1, 0.15) is 0 Å². The van der Waals surface area contributed by atoms with Crippen molar-refractivity contribution in [2.75, 3.05) is 55.3 Å². The fourth-order valence-corrected chi connectivity index (χ4v) is 3.47. The lowest BCUT2D eigenvalue weighted by Crippen LogP contribution is -2.44. The minimum atomic E-state index is -0.0346. The van der Waals surface area contributed by atoms with Gasteiger partial charge in [0.15, 0.2) is 0 Å².